The van der Waals surface area contributed by atoms with E-state index < -0.39 is 0 Å². The number of nitrogens with one attached hydrogen (secondary N) is 2. The second-order valence-corrected chi connectivity index (χ2v) is 5.39. The molecule has 7 heteroatoms. The minimum Gasteiger partial charge on any atom is -0.396 e. The first-order chi connectivity index (χ1) is 9.51. The molecule has 110 valence electrons. The summed E-state index contributed by atoms with van der Waals surface area (Å²) in [7, 11) is 0. The Labute approximate surface area is 122 Å². The summed E-state index contributed by atoms with van der Waals surface area (Å²) in [6, 6.07) is 2.03. The summed E-state index contributed by atoms with van der Waals surface area (Å²) in [4.78, 5) is 12.2. The maximum Gasteiger partial charge on any atom is 0.263 e. The van der Waals surface area contributed by atoms with Gasteiger partial charge in [-0.05, 0) is 20.8 Å². The van der Waals surface area contributed by atoms with E-state index in [1.807, 2.05) is 26.8 Å². The SMILES string of the molecule is CCNC(=O)c1sc(NCCOC(C)C)c(C#N)c1N. The highest BCUT2D eigenvalue weighted by atomic mass is 32.1. The number of nitrogens with two attached hydrogens (primary N) is 1. The zero-order valence-electron chi connectivity index (χ0n) is 11.9. The summed E-state index contributed by atoms with van der Waals surface area (Å²) in [5, 5.41) is 15.5. The fourth-order valence-corrected chi connectivity index (χ4v) is 2.56. The largest absolute Gasteiger partial charge is 0.396 e. The average molecular weight is 296 g/mol. The molecule has 1 aromatic rings. The number of nitriles is 1. The summed E-state index contributed by atoms with van der Waals surface area (Å²) < 4.78 is 5.41. The first-order valence-electron chi connectivity index (χ1n) is 6.47. The van der Waals surface area contributed by atoms with Crippen LogP contribution in [0.2, 0.25) is 0 Å². The van der Waals surface area contributed by atoms with Gasteiger partial charge in [0.05, 0.1) is 18.4 Å². The molecular formula is C13H20N4O2S. The molecule has 0 aromatic carbocycles. The zero-order chi connectivity index (χ0) is 15.1. The molecule has 1 heterocycles. The number of carbonyl (C=O) groups is 1. The molecule has 0 radical (unpaired) electrons. The van der Waals surface area contributed by atoms with Gasteiger partial charge in [-0.2, -0.15) is 5.26 Å². The van der Waals surface area contributed by atoms with Gasteiger partial charge in [0, 0.05) is 13.1 Å². The van der Waals surface area contributed by atoms with Crippen LogP contribution in [0.1, 0.15) is 36.0 Å². The van der Waals surface area contributed by atoms with E-state index in [0.29, 0.717) is 35.1 Å². The van der Waals surface area contributed by atoms with Crippen molar-refractivity contribution in [2.75, 3.05) is 30.7 Å². The van der Waals surface area contributed by atoms with Gasteiger partial charge in [0.25, 0.3) is 5.91 Å². The zero-order valence-corrected chi connectivity index (χ0v) is 12.8. The van der Waals surface area contributed by atoms with E-state index in [1.54, 1.807) is 0 Å². The number of nitrogens with zero attached hydrogens (tertiary/aromatic N) is 1. The third kappa shape index (κ3) is 4.11. The van der Waals surface area contributed by atoms with Crippen molar-refractivity contribution >= 4 is 27.9 Å². The summed E-state index contributed by atoms with van der Waals surface area (Å²) in [5.41, 5.74) is 6.41. The summed E-state index contributed by atoms with van der Waals surface area (Å²) in [6.07, 6.45) is 0.159. The molecule has 0 unspecified atom stereocenters. The molecule has 0 bridgehead atoms. The van der Waals surface area contributed by atoms with Crippen molar-refractivity contribution in [1.82, 2.24) is 5.32 Å². The molecule has 1 amide bonds. The minimum absolute atomic E-state index is 0.159. The number of carbonyl (C=O) groups excluding carboxylic acids is 1. The number of nitrogen functional groups attached to an aromatic ring is 1. The Bertz CT molecular complexity index is 505. The normalized spacial score (nSPS) is 10.3. The van der Waals surface area contributed by atoms with Crippen LogP contribution in [0.4, 0.5) is 10.7 Å². The van der Waals surface area contributed by atoms with Crippen LogP contribution in [-0.2, 0) is 4.74 Å². The molecule has 4 N–H and O–H groups in total. The van der Waals surface area contributed by atoms with Gasteiger partial charge in [0.15, 0.2) is 0 Å². The molecule has 1 aromatic heterocycles. The number of ether oxygens (including phenoxy) is 1. The van der Waals surface area contributed by atoms with Crippen molar-refractivity contribution in [3.05, 3.63) is 10.4 Å². The van der Waals surface area contributed by atoms with E-state index in [4.69, 9.17) is 15.7 Å². The Hall–Kier alpha value is -1.78. The third-order valence-corrected chi connectivity index (χ3v) is 3.60. The van der Waals surface area contributed by atoms with E-state index in [1.165, 1.54) is 11.3 Å². The smallest absolute Gasteiger partial charge is 0.263 e. The van der Waals surface area contributed by atoms with Gasteiger partial charge in [-0.15, -0.1) is 11.3 Å². The number of amides is 1. The maximum atomic E-state index is 11.8. The molecule has 0 aliphatic carbocycles. The highest BCUT2D eigenvalue weighted by Crippen LogP contribution is 2.34. The van der Waals surface area contributed by atoms with E-state index in [2.05, 4.69) is 10.6 Å². The average Bonchev–Trinajstić information content (AvgIpc) is 2.71. The topological polar surface area (TPSA) is 100 Å². The number of hydrogen-bond acceptors (Lipinski definition) is 6. The van der Waals surface area contributed by atoms with Crippen LogP contribution in [0.3, 0.4) is 0 Å². The Kier molecular flexibility index (Phi) is 6.28. The number of thiophene rings is 1. The molecule has 0 aliphatic rings. The Morgan fingerprint density at radius 3 is 2.80 bits per heavy atom. The van der Waals surface area contributed by atoms with Gasteiger partial charge < -0.3 is 21.1 Å². The fourth-order valence-electron chi connectivity index (χ4n) is 1.55. The molecule has 0 atom stereocenters. The second kappa shape index (κ2) is 7.72. The van der Waals surface area contributed by atoms with Crippen LogP contribution in [-0.4, -0.2) is 31.7 Å². The van der Waals surface area contributed by atoms with Gasteiger partial charge in [-0.25, -0.2) is 0 Å². The molecule has 1 rings (SSSR count). The summed E-state index contributed by atoms with van der Waals surface area (Å²) in [5.74, 6) is -0.252. The van der Waals surface area contributed by atoms with Crippen LogP contribution in [0.15, 0.2) is 0 Å². The van der Waals surface area contributed by atoms with Crippen molar-refractivity contribution in [2.24, 2.45) is 0 Å². The molecule has 0 saturated heterocycles. The Morgan fingerprint density at radius 2 is 2.25 bits per heavy atom. The first-order valence-corrected chi connectivity index (χ1v) is 7.28. The van der Waals surface area contributed by atoms with Crippen molar-refractivity contribution in [2.45, 2.75) is 26.9 Å². The highest BCUT2D eigenvalue weighted by molar-refractivity contribution is 7.18. The summed E-state index contributed by atoms with van der Waals surface area (Å²) in [6.45, 7) is 7.34. The van der Waals surface area contributed by atoms with Crippen LogP contribution in [0, 0.1) is 11.3 Å². The van der Waals surface area contributed by atoms with Crippen LogP contribution < -0.4 is 16.4 Å². The Morgan fingerprint density at radius 1 is 1.55 bits per heavy atom. The molecule has 0 spiro atoms. The minimum atomic E-state index is -0.252. The number of anilines is 2. The number of rotatable bonds is 7. The maximum absolute atomic E-state index is 11.8. The van der Waals surface area contributed by atoms with Gasteiger partial charge in [0.1, 0.15) is 21.5 Å². The fraction of sp³-hybridized carbons (Fsp3) is 0.538. The lowest BCUT2D eigenvalue weighted by atomic mass is 10.2. The van der Waals surface area contributed by atoms with Crippen molar-refractivity contribution in [3.63, 3.8) is 0 Å². The van der Waals surface area contributed by atoms with E-state index in [-0.39, 0.29) is 17.7 Å². The second-order valence-electron chi connectivity index (χ2n) is 4.37. The predicted molar refractivity (Wildman–Crippen MR) is 81.0 cm³/mol. The summed E-state index contributed by atoms with van der Waals surface area (Å²) >= 11 is 1.19. The quantitative estimate of drug-likeness (QED) is 0.666. The predicted octanol–water partition coefficient (Wildman–Crippen LogP) is 1.79. The first kappa shape index (κ1) is 16.3. The highest BCUT2D eigenvalue weighted by Gasteiger charge is 2.20. The lowest BCUT2D eigenvalue weighted by Gasteiger charge is -2.08. The third-order valence-electron chi connectivity index (χ3n) is 2.44. The van der Waals surface area contributed by atoms with Crippen LogP contribution in [0.25, 0.3) is 0 Å². The Balaban J connectivity index is 2.78. The van der Waals surface area contributed by atoms with E-state index in [0.717, 1.165) is 0 Å². The van der Waals surface area contributed by atoms with Crippen LogP contribution >= 0.6 is 11.3 Å². The van der Waals surface area contributed by atoms with E-state index >= 15 is 0 Å². The van der Waals surface area contributed by atoms with Crippen molar-refractivity contribution in [1.29, 1.82) is 5.26 Å². The van der Waals surface area contributed by atoms with Crippen molar-refractivity contribution < 1.29 is 9.53 Å². The van der Waals surface area contributed by atoms with Gasteiger partial charge in [0.2, 0.25) is 0 Å². The molecule has 0 saturated carbocycles. The van der Waals surface area contributed by atoms with Crippen molar-refractivity contribution in [3.8, 4) is 6.07 Å². The molecule has 20 heavy (non-hydrogen) atoms. The van der Waals surface area contributed by atoms with Gasteiger partial charge in [-0.3, -0.25) is 4.79 Å². The lowest BCUT2D eigenvalue weighted by molar-refractivity contribution is 0.0871. The molecule has 6 nitrogen and oxygen atoms in total. The standard InChI is InChI=1S/C13H20N4O2S/c1-4-16-12(18)11-10(15)9(7-14)13(20-11)17-5-6-19-8(2)3/h8,17H,4-6,15H2,1-3H3,(H,16,18). The number of hydrogen-bond donors (Lipinski definition) is 3. The van der Waals surface area contributed by atoms with E-state index in [9.17, 15) is 4.79 Å². The molecule has 0 fully saturated rings. The van der Waals surface area contributed by atoms with Gasteiger partial charge >= 0.3 is 0 Å². The van der Waals surface area contributed by atoms with Crippen LogP contribution in [0.5, 0.6) is 0 Å². The lowest BCUT2D eigenvalue weighted by Crippen LogP contribution is -2.22. The van der Waals surface area contributed by atoms with Gasteiger partial charge in [-0.1, -0.05) is 0 Å². The molecule has 0 aliphatic heterocycles. The molecular weight excluding hydrogens is 276 g/mol. The monoisotopic (exact) mass is 296 g/mol.